The van der Waals surface area contributed by atoms with Crippen LogP contribution in [0.4, 0.5) is 0 Å². The molecule has 1 aromatic rings. The van der Waals surface area contributed by atoms with Gasteiger partial charge in [-0.25, -0.2) is 0 Å². The molecule has 1 aromatic carbocycles. The van der Waals surface area contributed by atoms with Gasteiger partial charge in [0.15, 0.2) is 0 Å². The molecular formula is C10H10Cl2O. The predicted molar refractivity (Wildman–Crippen MR) is 54.1 cm³/mol. The van der Waals surface area contributed by atoms with E-state index in [1.54, 1.807) is 6.07 Å². The average Bonchev–Trinajstić information content (AvgIpc) is 2.67. The summed E-state index contributed by atoms with van der Waals surface area (Å²) < 4.78 is 0. The Morgan fingerprint density at radius 1 is 1.46 bits per heavy atom. The molecule has 1 aliphatic rings. The normalized spacial score (nSPS) is 31.8. The Kier molecular flexibility index (Phi) is 2.06. The molecule has 3 heteroatoms. The van der Waals surface area contributed by atoms with E-state index < -0.39 is 5.60 Å². The van der Waals surface area contributed by atoms with Gasteiger partial charge in [0.2, 0.25) is 0 Å². The minimum Gasteiger partial charge on any atom is -0.385 e. The molecule has 0 bridgehead atoms. The number of hydrogen-bond acceptors (Lipinski definition) is 1. The zero-order valence-electron chi connectivity index (χ0n) is 7.22. The molecule has 1 aliphatic carbocycles. The van der Waals surface area contributed by atoms with Crippen LogP contribution >= 0.6 is 23.2 Å². The fraction of sp³-hybridized carbons (Fsp3) is 0.400. The summed E-state index contributed by atoms with van der Waals surface area (Å²) in [6, 6.07) is 5.37. The van der Waals surface area contributed by atoms with Gasteiger partial charge in [0, 0.05) is 5.56 Å². The molecule has 2 rings (SSSR count). The molecule has 0 aliphatic heterocycles. The molecule has 1 nitrogen and oxygen atoms in total. The van der Waals surface area contributed by atoms with Crippen molar-refractivity contribution < 1.29 is 5.11 Å². The van der Waals surface area contributed by atoms with Gasteiger partial charge < -0.3 is 5.11 Å². The van der Waals surface area contributed by atoms with Gasteiger partial charge in [-0.05, 0) is 18.4 Å². The Morgan fingerprint density at radius 3 is 2.62 bits per heavy atom. The first-order valence-electron chi connectivity index (χ1n) is 4.22. The number of benzene rings is 1. The van der Waals surface area contributed by atoms with Crippen LogP contribution in [0.2, 0.25) is 10.0 Å². The van der Waals surface area contributed by atoms with Crippen molar-refractivity contribution in [2.45, 2.75) is 18.9 Å². The molecule has 0 aromatic heterocycles. The summed E-state index contributed by atoms with van der Waals surface area (Å²) in [4.78, 5) is 0. The van der Waals surface area contributed by atoms with Crippen LogP contribution in [-0.4, -0.2) is 5.11 Å². The predicted octanol–water partition coefficient (Wildman–Crippen LogP) is 3.22. The van der Waals surface area contributed by atoms with E-state index in [-0.39, 0.29) is 5.92 Å². The summed E-state index contributed by atoms with van der Waals surface area (Å²) in [6.45, 7) is 2.00. The zero-order valence-corrected chi connectivity index (χ0v) is 8.73. The van der Waals surface area contributed by atoms with E-state index >= 15 is 0 Å². The average molecular weight is 217 g/mol. The highest BCUT2D eigenvalue weighted by Gasteiger charge is 2.52. The Hall–Kier alpha value is -0.240. The number of rotatable bonds is 1. The molecule has 1 N–H and O–H groups in total. The zero-order chi connectivity index (χ0) is 9.64. The second kappa shape index (κ2) is 2.88. The Labute approximate surface area is 87.3 Å². The summed E-state index contributed by atoms with van der Waals surface area (Å²) in [5.74, 6) is 0.281. The molecule has 0 heterocycles. The number of hydrogen-bond donors (Lipinski definition) is 1. The highest BCUT2D eigenvalue weighted by atomic mass is 35.5. The van der Waals surface area contributed by atoms with Crippen LogP contribution < -0.4 is 0 Å². The number of halogens is 2. The summed E-state index contributed by atoms with van der Waals surface area (Å²) in [6.07, 6.45) is 0.771. The van der Waals surface area contributed by atoms with Crippen molar-refractivity contribution in [2.75, 3.05) is 0 Å². The van der Waals surface area contributed by atoms with Crippen molar-refractivity contribution in [3.8, 4) is 0 Å². The van der Waals surface area contributed by atoms with Gasteiger partial charge in [-0.2, -0.15) is 0 Å². The van der Waals surface area contributed by atoms with Crippen LogP contribution in [0.5, 0.6) is 0 Å². The van der Waals surface area contributed by atoms with E-state index in [0.29, 0.717) is 10.0 Å². The first kappa shape index (κ1) is 9.32. The van der Waals surface area contributed by atoms with Crippen LogP contribution in [0, 0.1) is 5.92 Å². The lowest BCUT2D eigenvalue weighted by Gasteiger charge is -2.12. The van der Waals surface area contributed by atoms with Gasteiger partial charge in [0.05, 0.1) is 15.6 Å². The molecule has 0 saturated heterocycles. The van der Waals surface area contributed by atoms with E-state index in [0.717, 1.165) is 12.0 Å². The molecule has 2 unspecified atom stereocenters. The van der Waals surface area contributed by atoms with Gasteiger partial charge in [0.25, 0.3) is 0 Å². The van der Waals surface area contributed by atoms with Crippen molar-refractivity contribution in [2.24, 2.45) is 5.92 Å². The van der Waals surface area contributed by atoms with Gasteiger partial charge in [-0.15, -0.1) is 0 Å². The highest BCUT2D eigenvalue weighted by molar-refractivity contribution is 6.42. The van der Waals surface area contributed by atoms with Crippen molar-refractivity contribution in [3.05, 3.63) is 33.8 Å². The monoisotopic (exact) mass is 216 g/mol. The maximum Gasteiger partial charge on any atom is 0.0941 e. The molecule has 70 valence electrons. The fourth-order valence-electron chi connectivity index (χ4n) is 1.62. The van der Waals surface area contributed by atoms with E-state index in [1.165, 1.54) is 0 Å². The lowest BCUT2D eigenvalue weighted by atomic mass is 10.1. The molecule has 1 fully saturated rings. The van der Waals surface area contributed by atoms with E-state index in [4.69, 9.17) is 23.2 Å². The SMILES string of the molecule is CC1CC1(O)c1cccc(Cl)c1Cl. The number of aliphatic hydroxyl groups is 1. The van der Waals surface area contributed by atoms with Crippen LogP contribution in [0.15, 0.2) is 18.2 Å². The summed E-state index contributed by atoms with van der Waals surface area (Å²) in [7, 11) is 0. The molecule has 0 spiro atoms. The van der Waals surface area contributed by atoms with Crippen LogP contribution in [-0.2, 0) is 5.60 Å². The summed E-state index contributed by atoms with van der Waals surface area (Å²) >= 11 is 11.8. The third kappa shape index (κ3) is 1.35. The lowest BCUT2D eigenvalue weighted by molar-refractivity contribution is 0.135. The lowest BCUT2D eigenvalue weighted by Crippen LogP contribution is -2.08. The third-order valence-electron chi connectivity index (χ3n) is 2.69. The Bertz CT molecular complexity index is 351. The largest absolute Gasteiger partial charge is 0.385 e. The molecule has 13 heavy (non-hydrogen) atoms. The molecule has 1 saturated carbocycles. The van der Waals surface area contributed by atoms with Gasteiger partial charge in [-0.1, -0.05) is 42.3 Å². The van der Waals surface area contributed by atoms with Crippen molar-refractivity contribution in [3.63, 3.8) is 0 Å². The van der Waals surface area contributed by atoms with Crippen molar-refractivity contribution >= 4 is 23.2 Å². The Balaban J connectivity index is 2.47. The molecule has 0 radical (unpaired) electrons. The minimum absolute atomic E-state index is 0.281. The second-order valence-electron chi connectivity index (χ2n) is 3.63. The van der Waals surface area contributed by atoms with Crippen LogP contribution in [0.25, 0.3) is 0 Å². The van der Waals surface area contributed by atoms with Crippen LogP contribution in [0.1, 0.15) is 18.9 Å². The smallest absolute Gasteiger partial charge is 0.0941 e. The quantitative estimate of drug-likeness (QED) is 0.765. The maximum absolute atomic E-state index is 10.0. The third-order valence-corrected chi connectivity index (χ3v) is 3.51. The first-order chi connectivity index (χ1) is 6.05. The minimum atomic E-state index is -0.734. The molecular weight excluding hydrogens is 207 g/mol. The van der Waals surface area contributed by atoms with E-state index in [2.05, 4.69) is 0 Å². The van der Waals surface area contributed by atoms with Gasteiger partial charge in [-0.3, -0.25) is 0 Å². The van der Waals surface area contributed by atoms with E-state index in [1.807, 2.05) is 19.1 Å². The Morgan fingerprint density at radius 2 is 2.08 bits per heavy atom. The van der Waals surface area contributed by atoms with Crippen molar-refractivity contribution in [1.29, 1.82) is 0 Å². The topological polar surface area (TPSA) is 20.2 Å². The van der Waals surface area contributed by atoms with Gasteiger partial charge in [0.1, 0.15) is 0 Å². The first-order valence-corrected chi connectivity index (χ1v) is 4.98. The second-order valence-corrected chi connectivity index (χ2v) is 4.42. The summed E-state index contributed by atoms with van der Waals surface area (Å²) in [5.41, 5.74) is 0.0243. The fourth-order valence-corrected chi connectivity index (χ4v) is 2.09. The summed E-state index contributed by atoms with van der Waals surface area (Å²) in [5, 5.41) is 11.0. The molecule has 0 amide bonds. The maximum atomic E-state index is 10.0. The van der Waals surface area contributed by atoms with Crippen molar-refractivity contribution in [1.82, 2.24) is 0 Å². The standard InChI is InChI=1S/C10H10Cl2O/c1-6-5-10(6,13)7-3-2-4-8(11)9(7)12/h2-4,6,13H,5H2,1H3. The van der Waals surface area contributed by atoms with Gasteiger partial charge >= 0.3 is 0 Å². The highest BCUT2D eigenvalue weighted by Crippen LogP contribution is 2.54. The van der Waals surface area contributed by atoms with Crippen LogP contribution in [0.3, 0.4) is 0 Å². The van der Waals surface area contributed by atoms with E-state index in [9.17, 15) is 5.11 Å². The molecule has 2 atom stereocenters.